The molecule has 30 heavy (non-hydrogen) atoms. The third-order valence-electron chi connectivity index (χ3n) is 5.68. The average Bonchev–Trinajstić information content (AvgIpc) is 3.37. The lowest BCUT2D eigenvalue weighted by Crippen LogP contribution is -2.47. The molecule has 2 saturated heterocycles. The molecule has 162 valence electrons. The largest absolute Gasteiger partial charge is 0.493 e. The van der Waals surface area contributed by atoms with Gasteiger partial charge in [-0.15, -0.1) is 11.3 Å². The Labute approximate surface area is 181 Å². The molecule has 0 spiro atoms. The first-order valence-electron chi connectivity index (χ1n) is 10.6. The quantitative estimate of drug-likeness (QED) is 0.649. The Morgan fingerprint density at radius 2 is 2.37 bits per heavy atom. The second-order valence-electron chi connectivity index (χ2n) is 8.56. The van der Waals surface area contributed by atoms with Crippen LogP contribution >= 0.6 is 11.3 Å². The zero-order chi connectivity index (χ0) is 21.0. The van der Waals surface area contributed by atoms with E-state index in [4.69, 9.17) is 9.47 Å². The summed E-state index contributed by atoms with van der Waals surface area (Å²) in [4.78, 5) is 16.8. The number of carbonyl (C=O) groups is 1. The molecule has 2 amide bonds. The zero-order valence-corrected chi connectivity index (χ0v) is 18.4. The molecule has 0 aliphatic carbocycles. The third kappa shape index (κ3) is 5.30. The maximum Gasteiger partial charge on any atom is 0.320 e. The minimum Gasteiger partial charge on any atom is -0.493 e. The Morgan fingerprint density at radius 3 is 3.10 bits per heavy atom. The number of hydrogen-bond donors (Lipinski definition) is 3. The number of carbonyl (C=O) groups excluding carboxylic acids is 1. The van der Waals surface area contributed by atoms with E-state index in [-0.39, 0.29) is 17.5 Å². The van der Waals surface area contributed by atoms with Crippen LogP contribution in [0.1, 0.15) is 31.7 Å². The lowest BCUT2D eigenvalue weighted by molar-refractivity contribution is 0.117. The Hall–Kier alpha value is -2.16. The number of nitrogens with one attached hydrogen (secondary N) is 3. The van der Waals surface area contributed by atoms with Crippen molar-refractivity contribution in [3.05, 3.63) is 29.1 Å². The Morgan fingerprint density at radius 1 is 1.47 bits per heavy atom. The summed E-state index contributed by atoms with van der Waals surface area (Å²) in [7, 11) is 0. The highest BCUT2D eigenvalue weighted by atomic mass is 32.1. The standard InChI is InChI=1S/C22H30N4O3S/c1-15-10-16(5-6-18(15)29-14-22(2)7-9-28-13-22)20-25-19(12-30-20)26-21(27)24-17-4-3-8-23-11-17/h5-6,10,12,17,23H,3-4,7-9,11,13-14H2,1-2H3,(H2,24,26,27)/t17-,22-/m0/s1. The van der Waals surface area contributed by atoms with Gasteiger partial charge >= 0.3 is 6.03 Å². The van der Waals surface area contributed by atoms with E-state index in [1.807, 2.05) is 24.4 Å². The number of aromatic nitrogens is 1. The SMILES string of the molecule is Cc1cc(-c2nc(NC(=O)N[C@H]3CCCNC3)cs2)ccc1OC[C@@]1(C)CCOC1. The van der Waals surface area contributed by atoms with Gasteiger partial charge in [0.1, 0.15) is 16.6 Å². The number of urea groups is 1. The molecule has 4 rings (SSSR count). The number of anilines is 1. The van der Waals surface area contributed by atoms with Gasteiger partial charge < -0.3 is 20.1 Å². The van der Waals surface area contributed by atoms with E-state index >= 15 is 0 Å². The molecule has 2 aliphatic heterocycles. The highest BCUT2D eigenvalue weighted by Gasteiger charge is 2.30. The summed E-state index contributed by atoms with van der Waals surface area (Å²) in [6, 6.07) is 6.07. The van der Waals surface area contributed by atoms with E-state index in [2.05, 4.69) is 33.9 Å². The Balaban J connectivity index is 1.34. The number of nitrogens with zero attached hydrogens (tertiary/aromatic N) is 1. The summed E-state index contributed by atoms with van der Waals surface area (Å²) in [5.41, 5.74) is 2.18. The maximum atomic E-state index is 12.2. The van der Waals surface area contributed by atoms with Crippen LogP contribution in [-0.4, -0.2) is 50.0 Å². The highest BCUT2D eigenvalue weighted by Crippen LogP contribution is 2.32. The second-order valence-corrected chi connectivity index (χ2v) is 9.42. The Bertz CT molecular complexity index is 873. The lowest BCUT2D eigenvalue weighted by Gasteiger charge is -2.23. The van der Waals surface area contributed by atoms with E-state index in [1.165, 1.54) is 11.3 Å². The molecule has 1 aromatic carbocycles. The molecule has 3 heterocycles. The van der Waals surface area contributed by atoms with Crippen LogP contribution in [0.15, 0.2) is 23.6 Å². The fraction of sp³-hybridized carbons (Fsp3) is 0.545. The molecular formula is C22H30N4O3S. The van der Waals surface area contributed by atoms with Crippen molar-refractivity contribution in [2.45, 2.75) is 39.2 Å². The van der Waals surface area contributed by atoms with Gasteiger partial charge in [0.25, 0.3) is 0 Å². The molecule has 2 aliphatic rings. The van der Waals surface area contributed by atoms with Crippen molar-refractivity contribution in [2.75, 3.05) is 38.2 Å². The van der Waals surface area contributed by atoms with Gasteiger partial charge in [0.15, 0.2) is 0 Å². The second kappa shape index (κ2) is 9.32. The predicted octanol–water partition coefficient (Wildman–Crippen LogP) is 3.80. The van der Waals surface area contributed by atoms with Crippen molar-refractivity contribution in [1.82, 2.24) is 15.6 Å². The van der Waals surface area contributed by atoms with E-state index in [0.717, 1.165) is 67.4 Å². The summed E-state index contributed by atoms with van der Waals surface area (Å²) >= 11 is 1.52. The molecule has 0 unspecified atom stereocenters. The minimum absolute atomic E-state index is 0.0925. The summed E-state index contributed by atoms with van der Waals surface area (Å²) in [6.07, 6.45) is 3.12. The Kier molecular flexibility index (Phi) is 6.55. The van der Waals surface area contributed by atoms with Crippen LogP contribution in [0.4, 0.5) is 10.6 Å². The van der Waals surface area contributed by atoms with Gasteiger partial charge in [0, 0.05) is 35.6 Å². The van der Waals surface area contributed by atoms with Crippen molar-refractivity contribution < 1.29 is 14.3 Å². The summed E-state index contributed by atoms with van der Waals surface area (Å²) in [5, 5.41) is 11.9. The third-order valence-corrected chi connectivity index (χ3v) is 6.57. The number of ether oxygens (including phenoxy) is 2. The molecule has 3 N–H and O–H groups in total. The van der Waals surface area contributed by atoms with E-state index in [0.29, 0.717) is 12.4 Å². The zero-order valence-electron chi connectivity index (χ0n) is 17.6. The van der Waals surface area contributed by atoms with Crippen LogP contribution in [0.3, 0.4) is 0 Å². The minimum atomic E-state index is -0.204. The molecule has 2 aromatic rings. The molecule has 0 bridgehead atoms. The van der Waals surface area contributed by atoms with Gasteiger partial charge in [0.2, 0.25) is 0 Å². The van der Waals surface area contributed by atoms with Crippen LogP contribution in [0.5, 0.6) is 5.75 Å². The summed E-state index contributed by atoms with van der Waals surface area (Å²) in [6.45, 7) is 8.31. The van der Waals surface area contributed by atoms with Crippen LogP contribution in [0.2, 0.25) is 0 Å². The number of piperidine rings is 1. The fourth-order valence-corrected chi connectivity index (χ4v) is 4.55. The predicted molar refractivity (Wildman–Crippen MR) is 119 cm³/mol. The van der Waals surface area contributed by atoms with Gasteiger partial charge in [-0.3, -0.25) is 5.32 Å². The van der Waals surface area contributed by atoms with Crippen LogP contribution in [0, 0.1) is 12.3 Å². The number of rotatable bonds is 6. The molecule has 0 saturated carbocycles. The monoisotopic (exact) mass is 430 g/mol. The van der Waals surface area contributed by atoms with Gasteiger partial charge in [-0.1, -0.05) is 6.92 Å². The van der Waals surface area contributed by atoms with E-state index in [9.17, 15) is 4.79 Å². The first-order chi connectivity index (χ1) is 14.5. The van der Waals surface area contributed by atoms with E-state index in [1.54, 1.807) is 0 Å². The average molecular weight is 431 g/mol. The molecule has 0 radical (unpaired) electrons. The highest BCUT2D eigenvalue weighted by molar-refractivity contribution is 7.13. The maximum absolute atomic E-state index is 12.2. The number of hydrogen-bond acceptors (Lipinski definition) is 6. The molecule has 8 heteroatoms. The number of thiazole rings is 1. The molecule has 1 aromatic heterocycles. The molecule has 2 atom stereocenters. The van der Waals surface area contributed by atoms with Crippen LogP contribution in [-0.2, 0) is 4.74 Å². The van der Waals surface area contributed by atoms with Crippen molar-refractivity contribution >= 4 is 23.2 Å². The number of benzene rings is 1. The van der Waals surface area contributed by atoms with Crippen molar-refractivity contribution in [3.63, 3.8) is 0 Å². The van der Waals surface area contributed by atoms with Gasteiger partial charge in [-0.2, -0.15) is 0 Å². The molecule has 7 nitrogen and oxygen atoms in total. The van der Waals surface area contributed by atoms with Crippen LogP contribution in [0.25, 0.3) is 10.6 Å². The first-order valence-corrected chi connectivity index (χ1v) is 11.4. The summed E-state index contributed by atoms with van der Waals surface area (Å²) < 4.78 is 11.6. The van der Waals surface area contributed by atoms with Gasteiger partial charge in [0.05, 0.1) is 13.2 Å². The van der Waals surface area contributed by atoms with Crippen molar-refractivity contribution in [2.24, 2.45) is 5.41 Å². The lowest BCUT2D eigenvalue weighted by atomic mass is 9.91. The van der Waals surface area contributed by atoms with Crippen molar-refractivity contribution in [1.29, 1.82) is 0 Å². The summed E-state index contributed by atoms with van der Waals surface area (Å²) in [5.74, 6) is 1.46. The van der Waals surface area contributed by atoms with Gasteiger partial charge in [-0.25, -0.2) is 9.78 Å². The van der Waals surface area contributed by atoms with Crippen molar-refractivity contribution in [3.8, 4) is 16.3 Å². The van der Waals surface area contributed by atoms with Gasteiger partial charge in [-0.05, 0) is 56.5 Å². The molecule has 2 fully saturated rings. The number of aryl methyl sites for hydroxylation is 1. The van der Waals surface area contributed by atoms with Crippen LogP contribution < -0.4 is 20.7 Å². The molecular weight excluding hydrogens is 400 g/mol. The fourth-order valence-electron chi connectivity index (χ4n) is 3.80. The topological polar surface area (TPSA) is 84.5 Å². The normalized spacial score (nSPS) is 23.9. The first kappa shape index (κ1) is 21.1. The number of amides is 2. The smallest absolute Gasteiger partial charge is 0.320 e. The van der Waals surface area contributed by atoms with E-state index < -0.39 is 0 Å².